The molecule has 0 aliphatic heterocycles. The van der Waals surface area contributed by atoms with Crippen LogP contribution in [0.1, 0.15) is 26.7 Å². The Morgan fingerprint density at radius 1 is 1.42 bits per heavy atom. The van der Waals surface area contributed by atoms with Crippen LogP contribution in [0.5, 0.6) is 0 Å². The zero-order valence-corrected chi connectivity index (χ0v) is 14.0. The molecule has 0 aliphatic carbocycles. The van der Waals surface area contributed by atoms with Gasteiger partial charge in [-0.1, -0.05) is 44.5 Å². The van der Waals surface area contributed by atoms with Crippen molar-refractivity contribution < 1.29 is 4.79 Å². The Bertz CT molecular complexity index is 727. The third-order valence-corrected chi connectivity index (χ3v) is 3.93. The maximum atomic E-state index is 12.6. The molecule has 2 atom stereocenters. The molecular formula is C19H22N4O. The van der Waals surface area contributed by atoms with Gasteiger partial charge >= 0.3 is 0 Å². The number of rotatable bonds is 7. The predicted molar refractivity (Wildman–Crippen MR) is 94.5 cm³/mol. The highest BCUT2D eigenvalue weighted by atomic mass is 16.2. The van der Waals surface area contributed by atoms with Crippen molar-refractivity contribution in [1.82, 2.24) is 9.55 Å². The molecular weight excluding hydrogens is 300 g/mol. The number of imidazole rings is 1. The summed E-state index contributed by atoms with van der Waals surface area (Å²) in [7, 11) is 0. The van der Waals surface area contributed by atoms with Crippen LogP contribution in [-0.4, -0.2) is 15.5 Å². The summed E-state index contributed by atoms with van der Waals surface area (Å²) in [5.74, 6) is 0.286. The Kier molecular flexibility index (Phi) is 6.32. The summed E-state index contributed by atoms with van der Waals surface area (Å²) in [6.07, 6.45) is 8.36. The molecule has 1 aromatic heterocycles. The third kappa shape index (κ3) is 4.56. The van der Waals surface area contributed by atoms with Crippen molar-refractivity contribution in [1.29, 1.82) is 5.26 Å². The number of anilines is 1. The first-order chi connectivity index (χ1) is 11.7. The largest absolute Gasteiger partial charge is 0.309 e. The summed E-state index contributed by atoms with van der Waals surface area (Å²) >= 11 is 0. The van der Waals surface area contributed by atoms with Crippen molar-refractivity contribution in [2.24, 2.45) is 11.8 Å². The second-order valence-corrected chi connectivity index (χ2v) is 5.73. The lowest BCUT2D eigenvalue weighted by Gasteiger charge is -2.19. The first-order valence-corrected chi connectivity index (χ1v) is 8.12. The highest BCUT2D eigenvalue weighted by Gasteiger charge is 2.23. The average molecular weight is 322 g/mol. The van der Waals surface area contributed by atoms with Crippen molar-refractivity contribution in [3.05, 3.63) is 55.0 Å². The highest BCUT2D eigenvalue weighted by Crippen LogP contribution is 2.21. The van der Waals surface area contributed by atoms with Gasteiger partial charge in [0.1, 0.15) is 6.33 Å². The minimum absolute atomic E-state index is 0.000749. The summed E-state index contributed by atoms with van der Waals surface area (Å²) in [6, 6.07) is 11.8. The summed E-state index contributed by atoms with van der Waals surface area (Å²) in [6.45, 7) is 4.00. The Morgan fingerprint density at radius 3 is 2.83 bits per heavy atom. The molecule has 5 nitrogen and oxygen atoms in total. The van der Waals surface area contributed by atoms with Crippen LogP contribution in [0, 0.1) is 23.2 Å². The van der Waals surface area contributed by atoms with E-state index in [0.717, 1.165) is 18.5 Å². The fourth-order valence-electron chi connectivity index (χ4n) is 2.62. The highest BCUT2D eigenvalue weighted by molar-refractivity contribution is 5.91. The molecule has 5 heteroatoms. The summed E-state index contributed by atoms with van der Waals surface area (Å²) < 4.78 is 1.86. The number of nitrogens with one attached hydrogen (secondary N) is 1. The molecule has 124 valence electrons. The molecule has 2 aromatic rings. The van der Waals surface area contributed by atoms with Crippen LogP contribution in [0.15, 0.2) is 55.0 Å². The lowest BCUT2D eigenvalue weighted by Crippen LogP contribution is -2.27. The van der Waals surface area contributed by atoms with Gasteiger partial charge in [-0.3, -0.25) is 4.79 Å². The van der Waals surface area contributed by atoms with Gasteiger partial charge < -0.3 is 9.88 Å². The topological polar surface area (TPSA) is 70.7 Å². The minimum atomic E-state index is -0.179. The lowest BCUT2D eigenvalue weighted by atomic mass is 9.89. The molecule has 1 heterocycles. The van der Waals surface area contributed by atoms with Crippen molar-refractivity contribution in [3.63, 3.8) is 0 Å². The molecule has 1 N–H and O–H groups in total. The van der Waals surface area contributed by atoms with E-state index < -0.39 is 0 Å². The van der Waals surface area contributed by atoms with Crippen LogP contribution in [0.4, 0.5) is 5.82 Å². The Labute approximate surface area is 142 Å². The van der Waals surface area contributed by atoms with Crippen LogP contribution in [-0.2, 0) is 4.79 Å². The number of hydrogen-bond donors (Lipinski definition) is 1. The molecule has 1 amide bonds. The average Bonchev–Trinajstić information content (AvgIpc) is 3.06. The first-order valence-electron chi connectivity index (χ1n) is 8.12. The molecule has 0 unspecified atom stereocenters. The van der Waals surface area contributed by atoms with Gasteiger partial charge in [0.05, 0.1) is 12.3 Å². The van der Waals surface area contributed by atoms with Crippen LogP contribution in [0.25, 0.3) is 5.69 Å². The number of nitriles is 1. The van der Waals surface area contributed by atoms with E-state index in [0.29, 0.717) is 5.82 Å². The molecule has 0 aliphatic rings. The Morgan fingerprint density at radius 2 is 2.17 bits per heavy atom. The molecule has 0 spiro atoms. The van der Waals surface area contributed by atoms with Crippen molar-refractivity contribution in [2.45, 2.75) is 26.7 Å². The van der Waals surface area contributed by atoms with E-state index in [1.165, 1.54) is 6.08 Å². The van der Waals surface area contributed by atoms with Crippen LogP contribution < -0.4 is 5.32 Å². The fourth-order valence-corrected chi connectivity index (χ4v) is 2.62. The predicted octanol–water partition coefficient (Wildman–Crippen LogP) is 3.94. The van der Waals surface area contributed by atoms with Crippen LogP contribution >= 0.6 is 0 Å². The molecule has 1 aromatic carbocycles. The second kappa shape index (κ2) is 8.68. The SMILES string of the molecule is CCC[C@H](C(=O)Nc1cn(-c2ccccc2)cn1)[C@H](C)/C=C/C#N. The van der Waals surface area contributed by atoms with Crippen molar-refractivity contribution in [2.75, 3.05) is 5.32 Å². The van der Waals surface area contributed by atoms with Crippen molar-refractivity contribution >= 4 is 11.7 Å². The number of nitrogens with zero attached hydrogens (tertiary/aromatic N) is 3. The van der Waals surface area contributed by atoms with E-state index in [1.807, 2.05) is 54.8 Å². The van der Waals surface area contributed by atoms with E-state index in [4.69, 9.17) is 5.26 Å². The quantitative estimate of drug-likeness (QED) is 0.785. The maximum absolute atomic E-state index is 12.6. The van der Waals surface area contributed by atoms with Crippen molar-refractivity contribution in [3.8, 4) is 11.8 Å². The van der Waals surface area contributed by atoms with Gasteiger partial charge in [0, 0.05) is 17.7 Å². The molecule has 0 bridgehead atoms. The summed E-state index contributed by atoms with van der Waals surface area (Å²) in [5.41, 5.74) is 0.987. The number of benzene rings is 1. The van der Waals surface area contributed by atoms with E-state index in [2.05, 4.69) is 10.3 Å². The van der Waals surface area contributed by atoms with Gasteiger partial charge in [-0.05, 0) is 24.5 Å². The molecule has 0 radical (unpaired) electrons. The van der Waals surface area contributed by atoms with E-state index in [9.17, 15) is 4.79 Å². The maximum Gasteiger partial charge on any atom is 0.229 e. The molecule has 2 rings (SSSR count). The number of carbonyl (C=O) groups excluding carboxylic acids is 1. The normalized spacial score (nSPS) is 13.4. The standard InChI is InChI=1S/C19H22N4O/c1-3-8-17(15(2)9-7-12-20)19(24)22-18-13-23(14-21-18)16-10-5-4-6-11-16/h4-7,9-11,13-15,17H,3,8H2,1-2H3,(H,22,24)/b9-7+/t15-,17+/m1/s1. The van der Waals surface area contributed by atoms with Crippen LogP contribution in [0.2, 0.25) is 0 Å². The van der Waals surface area contributed by atoms with Gasteiger partial charge in [-0.2, -0.15) is 5.26 Å². The lowest BCUT2D eigenvalue weighted by molar-refractivity contribution is -0.121. The fraction of sp³-hybridized carbons (Fsp3) is 0.316. The number of hydrogen-bond acceptors (Lipinski definition) is 3. The van der Waals surface area contributed by atoms with E-state index >= 15 is 0 Å². The summed E-state index contributed by atoms with van der Waals surface area (Å²) in [4.78, 5) is 16.8. The van der Waals surface area contributed by atoms with Gasteiger partial charge in [0.15, 0.2) is 5.82 Å². The number of amides is 1. The number of allylic oxidation sites excluding steroid dienone is 2. The van der Waals surface area contributed by atoms with Crippen LogP contribution in [0.3, 0.4) is 0 Å². The van der Waals surface area contributed by atoms with Gasteiger partial charge in [0.25, 0.3) is 0 Å². The minimum Gasteiger partial charge on any atom is -0.309 e. The Balaban J connectivity index is 2.08. The second-order valence-electron chi connectivity index (χ2n) is 5.73. The Hall–Kier alpha value is -2.87. The zero-order valence-electron chi connectivity index (χ0n) is 14.0. The van der Waals surface area contributed by atoms with Gasteiger partial charge in [-0.15, -0.1) is 0 Å². The number of para-hydroxylation sites is 1. The number of carbonyl (C=O) groups is 1. The molecule has 0 fully saturated rings. The molecule has 0 saturated carbocycles. The first kappa shape index (κ1) is 17.5. The smallest absolute Gasteiger partial charge is 0.229 e. The monoisotopic (exact) mass is 322 g/mol. The molecule has 0 saturated heterocycles. The van der Waals surface area contributed by atoms with Gasteiger partial charge in [-0.25, -0.2) is 4.98 Å². The molecule has 24 heavy (non-hydrogen) atoms. The summed E-state index contributed by atoms with van der Waals surface area (Å²) in [5, 5.41) is 11.5. The van der Waals surface area contributed by atoms with Gasteiger partial charge in [0.2, 0.25) is 5.91 Å². The van der Waals surface area contributed by atoms with E-state index in [1.54, 1.807) is 18.6 Å². The van der Waals surface area contributed by atoms with E-state index in [-0.39, 0.29) is 17.7 Å². The third-order valence-electron chi connectivity index (χ3n) is 3.93. The number of aromatic nitrogens is 2. The zero-order chi connectivity index (χ0) is 17.4.